The van der Waals surface area contributed by atoms with Crippen molar-refractivity contribution in [1.82, 2.24) is 4.98 Å². The number of aromatic nitrogens is 1. The van der Waals surface area contributed by atoms with Gasteiger partial charge in [0.05, 0.1) is 7.11 Å². The molecule has 0 bridgehead atoms. The van der Waals surface area contributed by atoms with Gasteiger partial charge in [0.1, 0.15) is 5.56 Å². The highest BCUT2D eigenvalue weighted by Crippen LogP contribution is 2.10. The van der Waals surface area contributed by atoms with E-state index in [0.29, 0.717) is 18.5 Å². The van der Waals surface area contributed by atoms with Crippen LogP contribution in [0, 0.1) is 5.95 Å². The summed E-state index contributed by atoms with van der Waals surface area (Å²) in [5.41, 5.74) is 8.42. The Kier molecular flexibility index (Phi) is 5.34. The van der Waals surface area contributed by atoms with Gasteiger partial charge in [-0.05, 0) is 23.6 Å². The van der Waals surface area contributed by atoms with Crippen molar-refractivity contribution >= 4 is 12.0 Å². The molecule has 0 aliphatic carbocycles. The van der Waals surface area contributed by atoms with Crippen LogP contribution in [0.5, 0.6) is 0 Å². The summed E-state index contributed by atoms with van der Waals surface area (Å²) in [7, 11) is 1.17. The molecule has 1 heterocycles. The van der Waals surface area contributed by atoms with E-state index in [0.717, 1.165) is 0 Å². The quantitative estimate of drug-likeness (QED) is 0.201. The van der Waals surface area contributed by atoms with Crippen LogP contribution in [0.4, 0.5) is 4.39 Å². The molecule has 6 nitrogen and oxygen atoms in total. The van der Waals surface area contributed by atoms with Gasteiger partial charge >= 0.3 is 5.97 Å². The number of halogens is 1. The third-order valence-corrected chi connectivity index (χ3v) is 2.03. The molecule has 0 N–H and O–H groups in total. The molecule has 1 aromatic rings. The van der Waals surface area contributed by atoms with E-state index in [1.165, 1.54) is 19.4 Å². The van der Waals surface area contributed by atoms with Crippen LogP contribution < -0.4 is 0 Å². The zero-order valence-electron chi connectivity index (χ0n) is 9.71. The molecule has 0 fully saturated rings. The molecule has 18 heavy (non-hydrogen) atoms. The van der Waals surface area contributed by atoms with Gasteiger partial charge in [0.15, 0.2) is 0 Å². The average molecular weight is 250 g/mol. The zero-order valence-corrected chi connectivity index (χ0v) is 9.71. The summed E-state index contributed by atoms with van der Waals surface area (Å²) in [4.78, 5) is 17.3. The fourth-order valence-electron chi connectivity index (χ4n) is 1.20. The largest absolute Gasteiger partial charge is 0.465 e. The van der Waals surface area contributed by atoms with Gasteiger partial charge in [0.2, 0.25) is 5.95 Å². The Bertz CT molecular complexity index is 510. The van der Waals surface area contributed by atoms with Crippen LogP contribution in [-0.2, 0) is 4.74 Å². The Labute approximate surface area is 103 Å². The normalized spacial score (nSPS) is 10.1. The molecule has 0 spiro atoms. The van der Waals surface area contributed by atoms with Crippen molar-refractivity contribution in [2.45, 2.75) is 6.42 Å². The van der Waals surface area contributed by atoms with Crippen LogP contribution in [0.2, 0.25) is 0 Å². The van der Waals surface area contributed by atoms with Gasteiger partial charge in [-0.1, -0.05) is 17.3 Å². The Hall–Kier alpha value is -2.40. The van der Waals surface area contributed by atoms with Gasteiger partial charge in [0, 0.05) is 17.7 Å². The van der Waals surface area contributed by atoms with Gasteiger partial charge in [0.25, 0.3) is 0 Å². The van der Waals surface area contributed by atoms with Crippen LogP contribution >= 0.6 is 0 Å². The summed E-state index contributed by atoms with van der Waals surface area (Å²) < 4.78 is 17.6. The van der Waals surface area contributed by atoms with Crippen molar-refractivity contribution in [2.75, 3.05) is 13.7 Å². The molecule has 0 amide bonds. The minimum Gasteiger partial charge on any atom is -0.465 e. The Morgan fingerprint density at radius 3 is 3.17 bits per heavy atom. The Morgan fingerprint density at radius 1 is 1.72 bits per heavy atom. The van der Waals surface area contributed by atoms with Gasteiger partial charge < -0.3 is 4.74 Å². The molecule has 0 saturated carbocycles. The molecular formula is C11H11FN4O2. The fourth-order valence-corrected chi connectivity index (χ4v) is 1.20. The topological polar surface area (TPSA) is 88.0 Å². The molecule has 7 heteroatoms. The number of azide groups is 1. The molecule has 0 atom stereocenters. The lowest BCUT2D eigenvalue weighted by Gasteiger charge is -2.01. The lowest BCUT2D eigenvalue weighted by atomic mass is 10.2. The molecule has 94 valence electrons. The van der Waals surface area contributed by atoms with Crippen molar-refractivity contribution in [2.24, 2.45) is 5.11 Å². The molecule has 0 aliphatic heterocycles. The van der Waals surface area contributed by atoms with Crippen LogP contribution in [-0.4, -0.2) is 24.6 Å². The number of rotatable bonds is 5. The number of hydrogen-bond acceptors (Lipinski definition) is 4. The zero-order chi connectivity index (χ0) is 13.4. The van der Waals surface area contributed by atoms with Gasteiger partial charge in [-0.15, -0.1) is 0 Å². The highest BCUT2D eigenvalue weighted by Gasteiger charge is 2.13. The molecule has 0 saturated heterocycles. The van der Waals surface area contributed by atoms with Gasteiger partial charge in [-0.3, -0.25) is 0 Å². The Morgan fingerprint density at radius 2 is 2.50 bits per heavy atom. The lowest BCUT2D eigenvalue weighted by molar-refractivity contribution is 0.0594. The lowest BCUT2D eigenvalue weighted by Crippen LogP contribution is -2.06. The monoisotopic (exact) mass is 250 g/mol. The third kappa shape index (κ3) is 3.88. The molecular weight excluding hydrogens is 239 g/mol. The van der Waals surface area contributed by atoms with E-state index in [1.807, 2.05) is 0 Å². The van der Waals surface area contributed by atoms with E-state index in [-0.39, 0.29) is 5.56 Å². The van der Waals surface area contributed by atoms with Gasteiger partial charge in [-0.25, -0.2) is 9.78 Å². The van der Waals surface area contributed by atoms with Crippen molar-refractivity contribution in [3.63, 3.8) is 0 Å². The summed E-state index contributed by atoms with van der Waals surface area (Å²) in [6.07, 6.45) is 5.25. The molecule has 0 aromatic carbocycles. The number of carbonyl (C=O) groups is 1. The predicted octanol–water partition coefficient (Wildman–Crippen LogP) is 2.72. The molecule has 1 aromatic heterocycles. The summed E-state index contributed by atoms with van der Waals surface area (Å²) in [6, 6.07) is 1.35. The maximum Gasteiger partial charge on any atom is 0.342 e. The SMILES string of the molecule is COC(=O)c1cc(C=CCCN=[N+]=[N-])cnc1F. The fraction of sp³-hybridized carbons (Fsp3) is 0.273. The first-order valence-corrected chi connectivity index (χ1v) is 5.10. The van der Waals surface area contributed by atoms with E-state index in [1.54, 1.807) is 12.2 Å². The molecule has 1 rings (SSSR count). The summed E-state index contributed by atoms with van der Waals surface area (Å²) >= 11 is 0. The number of hydrogen-bond donors (Lipinski definition) is 0. The van der Waals surface area contributed by atoms with E-state index in [9.17, 15) is 9.18 Å². The minimum absolute atomic E-state index is 0.213. The van der Waals surface area contributed by atoms with E-state index in [4.69, 9.17) is 5.53 Å². The first-order chi connectivity index (χ1) is 8.69. The summed E-state index contributed by atoms with van der Waals surface area (Å²) in [5, 5.41) is 3.36. The number of pyridine rings is 1. The average Bonchev–Trinajstić information content (AvgIpc) is 2.39. The number of carbonyl (C=O) groups excluding carboxylic acids is 1. The number of nitrogens with zero attached hydrogens (tertiary/aromatic N) is 4. The highest BCUT2D eigenvalue weighted by molar-refractivity contribution is 5.89. The maximum atomic E-state index is 13.2. The minimum atomic E-state index is -0.868. The van der Waals surface area contributed by atoms with E-state index >= 15 is 0 Å². The van der Waals surface area contributed by atoms with Crippen LogP contribution in [0.25, 0.3) is 16.5 Å². The predicted molar refractivity (Wildman–Crippen MR) is 63.2 cm³/mol. The smallest absolute Gasteiger partial charge is 0.342 e. The maximum absolute atomic E-state index is 13.2. The molecule has 0 radical (unpaired) electrons. The van der Waals surface area contributed by atoms with Crippen molar-refractivity contribution in [3.05, 3.63) is 45.9 Å². The van der Waals surface area contributed by atoms with Crippen molar-refractivity contribution in [1.29, 1.82) is 0 Å². The van der Waals surface area contributed by atoms with Crippen LogP contribution in [0.3, 0.4) is 0 Å². The van der Waals surface area contributed by atoms with Crippen molar-refractivity contribution < 1.29 is 13.9 Å². The van der Waals surface area contributed by atoms with Crippen molar-refractivity contribution in [3.8, 4) is 0 Å². The first kappa shape index (κ1) is 13.7. The molecule has 0 aliphatic rings. The first-order valence-electron chi connectivity index (χ1n) is 5.10. The highest BCUT2D eigenvalue weighted by atomic mass is 19.1. The van der Waals surface area contributed by atoms with Crippen LogP contribution in [0.1, 0.15) is 22.3 Å². The standard InChI is InChI=1S/C11H11FN4O2/c1-18-11(17)9-6-8(7-14-10(9)12)4-2-3-5-15-16-13/h2,4,6-7H,3,5H2,1H3. The second kappa shape index (κ2) is 7.03. The number of esters is 1. The molecule has 0 unspecified atom stereocenters. The van der Waals surface area contributed by atoms with Gasteiger partial charge in [-0.2, -0.15) is 4.39 Å². The third-order valence-electron chi connectivity index (χ3n) is 2.03. The Balaban J connectivity index is 2.78. The van der Waals surface area contributed by atoms with Crippen LogP contribution in [0.15, 0.2) is 23.5 Å². The summed E-state index contributed by atoms with van der Waals surface area (Å²) in [5.74, 6) is -1.64. The summed E-state index contributed by atoms with van der Waals surface area (Å²) in [6.45, 7) is 0.339. The number of ether oxygens (including phenoxy) is 1. The van der Waals surface area contributed by atoms with E-state index < -0.39 is 11.9 Å². The second-order valence-corrected chi connectivity index (χ2v) is 3.24. The number of methoxy groups -OCH3 is 1. The van der Waals surface area contributed by atoms with E-state index in [2.05, 4.69) is 19.7 Å². The second-order valence-electron chi connectivity index (χ2n) is 3.24.